The monoisotopic (exact) mass is 390 g/mol. The molecule has 2 aromatic rings. The number of nitrogens with zero attached hydrogens (tertiary/aromatic N) is 1. The molecule has 0 aliphatic carbocycles. The number of carbonyl (C=O) groups is 2. The summed E-state index contributed by atoms with van der Waals surface area (Å²) in [5.41, 5.74) is -0.885. The van der Waals surface area contributed by atoms with Crippen LogP contribution < -0.4 is 5.32 Å². The third-order valence-corrected chi connectivity index (χ3v) is 4.83. The summed E-state index contributed by atoms with van der Waals surface area (Å²) >= 11 is 0.857. The predicted molar refractivity (Wildman–Crippen MR) is 85.7 cm³/mol. The minimum absolute atomic E-state index is 0.0145. The molecule has 0 aliphatic heterocycles. The van der Waals surface area contributed by atoms with Crippen LogP contribution in [0.4, 0.5) is 17.6 Å². The number of aromatic nitrogens is 1. The molecule has 1 aromatic heterocycles. The van der Waals surface area contributed by atoms with E-state index in [9.17, 15) is 27.2 Å². The number of rotatable bonds is 5. The zero-order valence-corrected chi connectivity index (χ0v) is 14.4. The van der Waals surface area contributed by atoms with Crippen molar-refractivity contribution < 1.29 is 32.3 Å². The molecule has 1 aromatic carbocycles. The minimum atomic E-state index is -4.55. The van der Waals surface area contributed by atoms with Crippen molar-refractivity contribution in [2.24, 2.45) is 0 Å². The highest BCUT2D eigenvalue weighted by molar-refractivity contribution is 7.13. The van der Waals surface area contributed by atoms with E-state index in [2.05, 4.69) is 10.3 Å². The van der Waals surface area contributed by atoms with Gasteiger partial charge in [0.2, 0.25) is 6.17 Å². The van der Waals surface area contributed by atoms with Crippen LogP contribution in [0, 0.1) is 6.92 Å². The number of nitrogens with one attached hydrogen (secondary N) is 1. The van der Waals surface area contributed by atoms with Crippen LogP contribution in [0.1, 0.15) is 50.6 Å². The van der Waals surface area contributed by atoms with Crippen LogP contribution in [0.15, 0.2) is 24.3 Å². The van der Waals surface area contributed by atoms with Gasteiger partial charge in [-0.1, -0.05) is 12.1 Å². The maximum atomic E-state index is 14.2. The lowest BCUT2D eigenvalue weighted by molar-refractivity contribution is -0.137. The van der Waals surface area contributed by atoms with Gasteiger partial charge in [0.15, 0.2) is 0 Å². The quantitative estimate of drug-likeness (QED) is 0.755. The van der Waals surface area contributed by atoms with Crippen LogP contribution in [0.25, 0.3) is 0 Å². The molecule has 2 rings (SSSR count). The van der Waals surface area contributed by atoms with Crippen molar-refractivity contribution in [3.63, 3.8) is 0 Å². The van der Waals surface area contributed by atoms with Crippen LogP contribution in [-0.2, 0) is 11.0 Å². The fraction of sp³-hybridized carbons (Fsp3) is 0.312. The molecule has 0 fully saturated rings. The van der Waals surface area contributed by atoms with Crippen LogP contribution >= 0.6 is 11.3 Å². The van der Waals surface area contributed by atoms with Crippen LogP contribution in [0.5, 0.6) is 0 Å². The molecule has 140 valence electrons. The third-order valence-electron chi connectivity index (χ3n) is 3.50. The molecule has 1 amide bonds. The van der Waals surface area contributed by atoms with E-state index in [1.54, 1.807) is 0 Å². The predicted octanol–water partition coefficient (Wildman–Crippen LogP) is 4.06. The summed E-state index contributed by atoms with van der Waals surface area (Å²) in [4.78, 5) is 27.0. The van der Waals surface area contributed by atoms with Gasteiger partial charge in [-0.05, 0) is 31.5 Å². The number of aromatic carboxylic acids is 1. The van der Waals surface area contributed by atoms with Gasteiger partial charge in [-0.3, -0.25) is 4.79 Å². The Morgan fingerprint density at radius 3 is 2.27 bits per heavy atom. The minimum Gasteiger partial charge on any atom is -0.477 e. The molecule has 0 spiro atoms. The van der Waals surface area contributed by atoms with Gasteiger partial charge in [-0.2, -0.15) is 13.2 Å². The number of hydrogen-bond acceptors (Lipinski definition) is 4. The van der Waals surface area contributed by atoms with Crippen molar-refractivity contribution in [2.45, 2.75) is 32.2 Å². The smallest absolute Gasteiger partial charge is 0.416 e. The van der Waals surface area contributed by atoms with Gasteiger partial charge in [0.1, 0.15) is 9.88 Å². The zero-order valence-electron chi connectivity index (χ0n) is 13.6. The van der Waals surface area contributed by atoms with E-state index < -0.39 is 35.8 Å². The number of amides is 1. The highest BCUT2D eigenvalue weighted by atomic mass is 32.1. The van der Waals surface area contributed by atoms with Crippen molar-refractivity contribution in [3.8, 4) is 0 Å². The highest BCUT2D eigenvalue weighted by Gasteiger charge is 2.31. The molecule has 2 atom stereocenters. The standard InChI is InChI=1S/C16H14F4N2O3S/c1-7-12(15(24)25)26-14(22-7)8(2)21-13(23)11(17)9-3-5-10(6-4-9)16(18,19)20/h3-6,8,11H,1-2H3,(H,21,23)(H,24,25). The first-order chi connectivity index (χ1) is 12.0. The van der Waals surface area contributed by atoms with E-state index in [-0.39, 0.29) is 21.1 Å². The maximum Gasteiger partial charge on any atom is 0.416 e. The normalized spacial score (nSPS) is 13.9. The molecule has 10 heteroatoms. The average molecular weight is 390 g/mol. The summed E-state index contributed by atoms with van der Waals surface area (Å²) in [6.45, 7) is 3.00. The van der Waals surface area contributed by atoms with E-state index in [0.717, 1.165) is 23.5 Å². The SMILES string of the molecule is Cc1nc(C(C)NC(=O)C(F)c2ccc(C(F)(F)F)cc2)sc1C(=O)O. The number of benzene rings is 1. The maximum absolute atomic E-state index is 14.2. The van der Waals surface area contributed by atoms with Gasteiger partial charge in [-0.25, -0.2) is 14.2 Å². The molecule has 0 saturated heterocycles. The Morgan fingerprint density at radius 2 is 1.81 bits per heavy atom. The van der Waals surface area contributed by atoms with Gasteiger partial charge in [0.25, 0.3) is 5.91 Å². The number of carboxylic acid groups (broad SMARTS) is 1. The Kier molecular flexibility index (Phi) is 5.65. The number of alkyl halides is 4. The number of halogens is 4. The second kappa shape index (κ2) is 7.40. The van der Waals surface area contributed by atoms with Crippen molar-refractivity contribution in [1.29, 1.82) is 0 Å². The second-order valence-electron chi connectivity index (χ2n) is 5.48. The zero-order chi connectivity index (χ0) is 19.6. The van der Waals surface area contributed by atoms with Crippen molar-refractivity contribution in [2.75, 3.05) is 0 Å². The van der Waals surface area contributed by atoms with Gasteiger partial charge < -0.3 is 10.4 Å². The summed E-state index contributed by atoms with van der Waals surface area (Å²) in [6.07, 6.45) is -6.72. The summed E-state index contributed by atoms with van der Waals surface area (Å²) in [6, 6.07) is 2.43. The van der Waals surface area contributed by atoms with Crippen molar-refractivity contribution >= 4 is 23.2 Å². The number of carbonyl (C=O) groups excluding carboxylic acids is 1. The third kappa shape index (κ3) is 4.37. The van der Waals surface area contributed by atoms with E-state index in [4.69, 9.17) is 5.11 Å². The molecule has 0 saturated carbocycles. The molecule has 5 nitrogen and oxygen atoms in total. The van der Waals surface area contributed by atoms with Gasteiger partial charge in [-0.15, -0.1) is 11.3 Å². The number of hydrogen-bond donors (Lipinski definition) is 2. The molecule has 0 radical (unpaired) electrons. The largest absolute Gasteiger partial charge is 0.477 e. The Balaban J connectivity index is 2.09. The lowest BCUT2D eigenvalue weighted by Crippen LogP contribution is -2.30. The molecule has 0 bridgehead atoms. The molecule has 2 N–H and O–H groups in total. The first-order valence-corrected chi connectivity index (χ1v) is 8.14. The molecular formula is C16H14F4N2O3S. The Bertz CT molecular complexity index is 818. The fourth-order valence-corrected chi connectivity index (χ4v) is 3.05. The first kappa shape index (κ1) is 19.8. The topological polar surface area (TPSA) is 79.3 Å². The summed E-state index contributed by atoms with van der Waals surface area (Å²) in [5.74, 6) is -2.21. The molecule has 26 heavy (non-hydrogen) atoms. The van der Waals surface area contributed by atoms with Gasteiger partial charge >= 0.3 is 12.1 Å². The fourth-order valence-electron chi connectivity index (χ4n) is 2.14. The lowest BCUT2D eigenvalue weighted by atomic mass is 10.1. The Morgan fingerprint density at radius 1 is 1.23 bits per heavy atom. The number of carboxylic acids is 1. The van der Waals surface area contributed by atoms with E-state index in [1.165, 1.54) is 13.8 Å². The Labute approximate surface area is 149 Å². The van der Waals surface area contributed by atoms with E-state index in [1.807, 2.05) is 0 Å². The molecule has 2 unspecified atom stereocenters. The van der Waals surface area contributed by atoms with Crippen LogP contribution in [-0.4, -0.2) is 22.0 Å². The van der Waals surface area contributed by atoms with E-state index >= 15 is 0 Å². The number of thiazole rings is 1. The highest BCUT2D eigenvalue weighted by Crippen LogP contribution is 2.31. The summed E-state index contributed by atoms with van der Waals surface area (Å²) < 4.78 is 51.8. The molecule has 1 heterocycles. The Hall–Kier alpha value is -2.49. The second-order valence-corrected chi connectivity index (χ2v) is 6.52. The average Bonchev–Trinajstić information content (AvgIpc) is 2.95. The van der Waals surface area contributed by atoms with Gasteiger partial charge in [0, 0.05) is 0 Å². The molecule has 0 aliphatic rings. The summed E-state index contributed by atoms with van der Waals surface area (Å²) in [7, 11) is 0. The van der Waals surface area contributed by atoms with Crippen LogP contribution in [0.3, 0.4) is 0 Å². The number of aryl methyl sites for hydroxylation is 1. The summed E-state index contributed by atoms with van der Waals surface area (Å²) in [5, 5.41) is 11.6. The van der Waals surface area contributed by atoms with Crippen LogP contribution in [0.2, 0.25) is 0 Å². The van der Waals surface area contributed by atoms with E-state index in [0.29, 0.717) is 12.1 Å². The lowest BCUT2D eigenvalue weighted by Gasteiger charge is -2.15. The van der Waals surface area contributed by atoms with Gasteiger partial charge in [0.05, 0.1) is 17.3 Å². The van der Waals surface area contributed by atoms with Crippen molar-refractivity contribution in [3.05, 3.63) is 51.0 Å². The van der Waals surface area contributed by atoms with Crippen molar-refractivity contribution in [1.82, 2.24) is 10.3 Å². The molecular weight excluding hydrogens is 376 g/mol. The first-order valence-electron chi connectivity index (χ1n) is 7.33.